The van der Waals surface area contributed by atoms with Gasteiger partial charge in [0.2, 0.25) is 0 Å². The summed E-state index contributed by atoms with van der Waals surface area (Å²) in [7, 11) is 0. The van der Waals surface area contributed by atoms with E-state index in [1.807, 2.05) is 18.2 Å². The summed E-state index contributed by atoms with van der Waals surface area (Å²) in [5.41, 5.74) is 2.08. The second-order valence-corrected chi connectivity index (χ2v) is 5.20. The summed E-state index contributed by atoms with van der Waals surface area (Å²) in [4.78, 5) is 4.24. The second kappa shape index (κ2) is 4.37. The number of nitrogens with zero attached hydrogens (tertiary/aromatic N) is 2. The van der Waals surface area contributed by atoms with Gasteiger partial charge in [-0.1, -0.05) is 27.5 Å². The molecule has 2 aromatic carbocycles. The number of rotatable bonds is 1. The van der Waals surface area contributed by atoms with Crippen molar-refractivity contribution < 1.29 is 4.39 Å². The van der Waals surface area contributed by atoms with Crippen molar-refractivity contribution in [2.24, 2.45) is 0 Å². The molecule has 0 unspecified atom stereocenters. The maximum atomic E-state index is 13.9. The lowest BCUT2D eigenvalue weighted by Gasteiger charge is -2.06. The molecule has 1 aromatic heterocycles. The summed E-state index contributed by atoms with van der Waals surface area (Å²) in [5, 5.41) is 0.377. The molecule has 0 aliphatic carbocycles. The minimum atomic E-state index is -0.373. The highest BCUT2D eigenvalue weighted by Crippen LogP contribution is 2.24. The average molecular weight is 326 g/mol. The highest BCUT2D eigenvalue weighted by Gasteiger charge is 2.09. The van der Waals surface area contributed by atoms with Gasteiger partial charge in [0.05, 0.1) is 16.7 Å². The Morgan fingerprint density at radius 3 is 2.78 bits per heavy atom. The minimum absolute atomic E-state index is 0.373. The molecule has 90 valence electrons. The van der Waals surface area contributed by atoms with Crippen molar-refractivity contribution in [3.63, 3.8) is 0 Å². The van der Waals surface area contributed by atoms with Gasteiger partial charge in [-0.3, -0.25) is 4.57 Å². The van der Waals surface area contributed by atoms with Crippen molar-refractivity contribution in [2.45, 2.75) is 0 Å². The van der Waals surface area contributed by atoms with E-state index in [1.54, 1.807) is 23.0 Å². The fourth-order valence-corrected chi connectivity index (χ4v) is 2.36. The molecule has 2 nitrogen and oxygen atoms in total. The van der Waals surface area contributed by atoms with Crippen molar-refractivity contribution in [1.29, 1.82) is 0 Å². The predicted octanol–water partition coefficient (Wildman–Crippen LogP) is 4.58. The molecule has 0 saturated heterocycles. The van der Waals surface area contributed by atoms with Crippen molar-refractivity contribution >= 4 is 38.6 Å². The largest absolute Gasteiger partial charge is 0.296 e. The van der Waals surface area contributed by atoms with Gasteiger partial charge in [0, 0.05) is 9.50 Å². The molecule has 5 heteroatoms. The van der Waals surface area contributed by atoms with Crippen LogP contribution in [0.25, 0.3) is 16.7 Å². The number of aromatic nitrogens is 2. The zero-order valence-electron chi connectivity index (χ0n) is 9.07. The SMILES string of the molecule is Fc1cc(Cl)ccc1-n1cnc2ccc(Br)cc21. The number of halogens is 3. The Balaban J connectivity index is 2.28. The molecule has 3 aromatic rings. The van der Waals surface area contributed by atoms with E-state index in [0.717, 1.165) is 15.5 Å². The van der Waals surface area contributed by atoms with Gasteiger partial charge < -0.3 is 0 Å². The van der Waals surface area contributed by atoms with Gasteiger partial charge in [-0.2, -0.15) is 0 Å². The van der Waals surface area contributed by atoms with Crippen molar-refractivity contribution in [2.75, 3.05) is 0 Å². The van der Waals surface area contributed by atoms with Crippen LogP contribution >= 0.6 is 27.5 Å². The van der Waals surface area contributed by atoms with E-state index in [-0.39, 0.29) is 5.82 Å². The topological polar surface area (TPSA) is 17.8 Å². The van der Waals surface area contributed by atoms with Crippen LogP contribution in [0.2, 0.25) is 5.02 Å². The predicted molar refractivity (Wildman–Crippen MR) is 73.7 cm³/mol. The molecule has 0 aliphatic rings. The van der Waals surface area contributed by atoms with E-state index < -0.39 is 0 Å². The summed E-state index contributed by atoms with van der Waals surface area (Å²) >= 11 is 9.15. The first-order valence-electron chi connectivity index (χ1n) is 5.23. The van der Waals surface area contributed by atoms with Crippen LogP contribution in [0.15, 0.2) is 47.2 Å². The number of fused-ring (bicyclic) bond motifs is 1. The summed E-state index contributed by atoms with van der Waals surface area (Å²) in [5.74, 6) is -0.373. The zero-order valence-corrected chi connectivity index (χ0v) is 11.4. The number of hydrogen-bond acceptors (Lipinski definition) is 1. The van der Waals surface area contributed by atoms with Crippen LogP contribution in [-0.2, 0) is 0 Å². The Morgan fingerprint density at radius 1 is 1.17 bits per heavy atom. The summed E-state index contributed by atoms with van der Waals surface area (Å²) in [6.45, 7) is 0. The maximum absolute atomic E-state index is 13.9. The Bertz CT molecular complexity index is 739. The van der Waals surface area contributed by atoms with E-state index in [9.17, 15) is 4.39 Å². The fraction of sp³-hybridized carbons (Fsp3) is 0. The van der Waals surface area contributed by atoms with Gasteiger partial charge in [-0.25, -0.2) is 9.37 Å². The average Bonchev–Trinajstić information content (AvgIpc) is 2.72. The molecule has 0 bridgehead atoms. The van der Waals surface area contributed by atoms with Crippen molar-refractivity contribution in [3.8, 4) is 5.69 Å². The maximum Gasteiger partial charge on any atom is 0.148 e. The van der Waals surface area contributed by atoms with Crippen LogP contribution in [0.1, 0.15) is 0 Å². The lowest BCUT2D eigenvalue weighted by atomic mass is 10.2. The standard InChI is InChI=1S/C13H7BrClFN2/c14-8-1-3-11-13(5-8)18(7-17-11)12-4-2-9(15)6-10(12)16/h1-7H. The summed E-state index contributed by atoms with van der Waals surface area (Å²) < 4.78 is 16.5. The lowest BCUT2D eigenvalue weighted by molar-refractivity contribution is 0.619. The van der Waals surface area contributed by atoms with Gasteiger partial charge in [0.1, 0.15) is 12.1 Å². The Morgan fingerprint density at radius 2 is 2.00 bits per heavy atom. The second-order valence-electron chi connectivity index (χ2n) is 3.84. The highest BCUT2D eigenvalue weighted by atomic mass is 79.9. The summed E-state index contributed by atoms with van der Waals surface area (Å²) in [6, 6.07) is 10.3. The number of benzene rings is 2. The van der Waals surface area contributed by atoms with Crippen LogP contribution in [0.5, 0.6) is 0 Å². The van der Waals surface area contributed by atoms with E-state index in [1.165, 1.54) is 6.07 Å². The molecule has 0 saturated carbocycles. The van der Waals surface area contributed by atoms with Gasteiger partial charge in [0.15, 0.2) is 0 Å². The first-order valence-corrected chi connectivity index (χ1v) is 6.40. The van der Waals surface area contributed by atoms with Gasteiger partial charge in [0.25, 0.3) is 0 Å². The third kappa shape index (κ3) is 1.91. The number of imidazole rings is 1. The fourth-order valence-electron chi connectivity index (χ4n) is 1.85. The van der Waals surface area contributed by atoms with E-state index >= 15 is 0 Å². The van der Waals surface area contributed by atoms with Crippen LogP contribution in [-0.4, -0.2) is 9.55 Å². The van der Waals surface area contributed by atoms with Gasteiger partial charge in [-0.15, -0.1) is 0 Å². The molecule has 18 heavy (non-hydrogen) atoms. The molecule has 0 atom stereocenters. The van der Waals surface area contributed by atoms with Crippen LogP contribution < -0.4 is 0 Å². The first kappa shape index (κ1) is 11.7. The molecule has 1 heterocycles. The third-order valence-electron chi connectivity index (χ3n) is 2.68. The first-order chi connectivity index (χ1) is 8.65. The van der Waals surface area contributed by atoms with Crippen molar-refractivity contribution in [1.82, 2.24) is 9.55 Å². The minimum Gasteiger partial charge on any atom is -0.296 e. The van der Waals surface area contributed by atoms with Crippen molar-refractivity contribution in [3.05, 3.63) is 58.0 Å². The molecule has 0 aliphatic heterocycles. The quantitative estimate of drug-likeness (QED) is 0.640. The van der Waals surface area contributed by atoms with Crippen LogP contribution in [0, 0.1) is 5.82 Å². The molecule has 0 amide bonds. The monoisotopic (exact) mass is 324 g/mol. The van der Waals surface area contributed by atoms with Gasteiger partial charge >= 0.3 is 0 Å². The normalized spacial score (nSPS) is 11.1. The van der Waals surface area contributed by atoms with E-state index in [4.69, 9.17) is 11.6 Å². The molecule has 0 radical (unpaired) electrons. The molecular formula is C13H7BrClFN2. The third-order valence-corrected chi connectivity index (χ3v) is 3.41. The van der Waals surface area contributed by atoms with Crippen LogP contribution in [0.4, 0.5) is 4.39 Å². The van der Waals surface area contributed by atoms with Gasteiger partial charge in [-0.05, 0) is 36.4 Å². The zero-order chi connectivity index (χ0) is 12.7. The summed E-state index contributed by atoms with van der Waals surface area (Å²) in [6.07, 6.45) is 1.60. The van der Waals surface area contributed by atoms with Crippen LogP contribution in [0.3, 0.4) is 0 Å². The Kier molecular flexibility index (Phi) is 2.84. The molecule has 0 fully saturated rings. The molecule has 0 N–H and O–H groups in total. The molecular weight excluding hydrogens is 319 g/mol. The Labute approximate surface area is 116 Å². The van der Waals surface area contributed by atoms with E-state index in [2.05, 4.69) is 20.9 Å². The number of hydrogen-bond donors (Lipinski definition) is 0. The molecule has 3 rings (SSSR count). The lowest BCUT2D eigenvalue weighted by Crippen LogP contribution is -1.95. The molecule has 0 spiro atoms. The Hall–Kier alpha value is -1.39. The highest BCUT2D eigenvalue weighted by molar-refractivity contribution is 9.10. The van der Waals surface area contributed by atoms with E-state index in [0.29, 0.717) is 10.7 Å². The smallest absolute Gasteiger partial charge is 0.148 e.